The van der Waals surface area contributed by atoms with Crippen LogP contribution >= 0.6 is 0 Å². The fraction of sp³-hybridized carbons (Fsp3) is 0.0625. The molecule has 0 saturated carbocycles. The molecule has 0 aliphatic carbocycles. The van der Waals surface area contributed by atoms with E-state index >= 15 is 0 Å². The SMILES string of the molecule is COc1ccc(Nc2cc(C(=O)O)c3ccccc3n2)cn1. The van der Waals surface area contributed by atoms with Gasteiger partial charge in [0.1, 0.15) is 5.82 Å². The third kappa shape index (κ3) is 2.67. The van der Waals surface area contributed by atoms with Crippen molar-refractivity contribution in [2.24, 2.45) is 0 Å². The number of nitrogens with one attached hydrogen (secondary N) is 1. The largest absolute Gasteiger partial charge is 0.481 e. The molecule has 0 bridgehead atoms. The lowest BCUT2D eigenvalue weighted by atomic mass is 10.1. The van der Waals surface area contributed by atoms with Gasteiger partial charge in [-0.15, -0.1) is 0 Å². The van der Waals surface area contributed by atoms with Gasteiger partial charge in [0.05, 0.1) is 30.1 Å². The molecule has 0 atom stereocenters. The molecule has 3 rings (SSSR count). The summed E-state index contributed by atoms with van der Waals surface area (Å²) in [6, 6.07) is 12.1. The number of hydrogen-bond donors (Lipinski definition) is 2. The summed E-state index contributed by atoms with van der Waals surface area (Å²) in [5.41, 5.74) is 1.51. The number of methoxy groups -OCH3 is 1. The van der Waals surface area contributed by atoms with Crippen LogP contribution < -0.4 is 10.1 Å². The quantitative estimate of drug-likeness (QED) is 0.769. The molecule has 22 heavy (non-hydrogen) atoms. The summed E-state index contributed by atoms with van der Waals surface area (Å²) >= 11 is 0. The number of aromatic nitrogens is 2. The van der Waals surface area contributed by atoms with Gasteiger partial charge in [-0.3, -0.25) is 0 Å². The molecule has 2 aromatic heterocycles. The van der Waals surface area contributed by atoms with E-state index in [1.165, 1.54) is 6.07 Å². The minimum absolute atomic E-state index is 0.203. The lowest BCUT2D eigenvalue weighted by Crippen LogP contribution is -2.02. The van der Waals surface area contributed by atoms with Crippen molar-refractivity contribution in [3.8, 4) is 5.88 Å². The average Bonchev–Trinajstić information content (AvgIpc) is 2.54. The normalized spacial score (nSPS) is 10.4. The fourth-order valence-corrected chi connectivity index (χ4v) is 2.14. The van der Waals surface area contributed by atoms with Gasteiger partial charge in [0, 0.05) is 11.5 Å². The zero-order valence-corrected chi connectivity index (χ0v) is 11.8. The number of aromatic carboxylic acids is 1. The van der Waals surface area contributed by atoms with E-state index < -0.39 is 5.97 Å². The molecule has 0 saturated heterocycles. The zero-order chi connectivity index (χ0) is 15.5. The number of rotatable bonds is 4. The topological polar surface area (TPSA) is 84.3 Å². The average molecular weight is 295 g/mol. The Morgan fingerprint density at radius 1 is 1.23 bits per heavy atom. The molecule has 0 spiro atoms. The number of benzene rings is 1. The van der Waals surface area contributed by atoms with E-state index in [2.05, 4.69) is 15.3 Å². The van der Waals surface area contributed by atoms with Gasteiger partial charge in [-0.05, 0) is 18.2 Å². The number of hydrogen-bond acceptors (Lipinski definition) is 5. The Bertz CT molecular complexity index is 832. The van der Waals surface area contributed by atoms with E-state index in [4.69, 9.17) is 4.74 Å². The van der Waals surface area contributed by atoms with Gasteiger partial charge in [0.25, 0.3) is 0 Å². The van der Waals surface area contributed by atoms with E-state index in [0.29, 0.717) is 28.3 Å². The van der Waals surface area contributed by atoms with Gasteiger partial charge in [0.15, 0.2) is 0 Å². The number of carbonyl (C=O) groups is 1. The molecule has 0 aliphatic rings. The van der Waals surface area contributed by atoms with Crippen molar-refractivity contribution in [3.63, 3.8) is 0 Å². The maximum absolute atomic E-state index is 11.4. The highest BCUT2D eigenvalue weighted by Crippen LogP contribution is 2.23. The first-order valence-electron chi connectivity index (χ1n) is 6.57. The van der Waals surface area contributed by atoms with Crippen LogP contribution in [-0.2, 0) is 0 Å². The Labute approximate surface area is 126 Å². The summed E-state index contributed by atoms with van der Waals surface area (Å²) in [7, 11) is 1.54. The molecular formula is C16H13N3O3. The lowest BCUT2D eigenvalue weighted by molar-refractivity contribution is 0.0699. The summed E-state index contributed by atoms with van der Waals surface area (Å²) < 4.78 is 5.00. The number of carboxylic acids is 1. The second-order valence-corrected chi connectivity index (χ2v) is 4.59. The van der Waals surface area contributed by atoms with Gasteiger partial charge < -0.3 is 15.2 Å². The minimum atomic E-state index is -0.991. The summed E-state index contributed by atoms with van der Waals surface area (Å²) in [5.74, 6) is -0.0409. The molecular weight excluding hydrogens is 282 g/mol. The molecule has 2 heterocycles. The molecule has 0 amide bonds. The van der Waals surface area contributed by atoms with Crippen LogP contribution in [0.3, 0.4) is 0 Å². The number of fused-ring (bicyclic) bond motifs is 1. The Morgan fingerprint density at radius 3 is 2.73 bits per heavy atom. The maximum atomic E-state index is 11.4. The second kappa shape index (κ2) is 5.69. The van der Waals surface area contributed by atoms with Gasteiger partial charge in [-0.25, -0.2) is 14.8 Å². The monoisotopic (exact) mass is 295 g/mol. The molecule has 0 radical (unpaired) electrons. The summed E-state index contributed by atoms with van der Waals surface area (Å²) in [6.45, 7) is 0. The molecule has 6 heteroatoms. The Balaban J connectivity index is 2.01. The molecule has 0 fully saturated rings. The smallest absolute Gasteiger partial charge is 0.336 e. The zero-order valence-electron chi connectivity index (χ0n) is 11.8. The first-order valence-corrected chi connectivity index (χ1v) is 6.57. The van der Waals surface area contributed by atoms with Crippen LogP contribution in [0.4, 0.5) is 11.5 Å². The maximum Gasteiger partial charge on any atom is 0.336 e. The molecule has 0 aliphatic heterocycles. The highest BCUT2D eigenvalue weighted by Gasteiger charge is 2.11. The Morgan fingerprint density at radius 2 is 2.05 bits per heavy atom. The van der Waals surface area contributed by atoms with Gasteiger partial charge in [-0.2, -0.15) is 0 Å². The van der Waals surface area contributed by atoms with Crippen LogP contribution in [-0.4, -0.2) is 28.2 Å². The number of nitrogens with zero attached hydrogens (tertiary/aromatic N) is 2. The van der Waals surface area contributed by atoms with Gasteiger partial charge in [0.2, 0.25) is 5.88 Å². The lowest BCUT2D eigenvalue weighted by Gasteiger charge is -2.09. The van der Waals surface area contributed by atoms with Crippen LogP contribution in [0.25, 0.3) is 10.9 Å². The van der Waals surface area contributed by atoms with Crippen LogP contribution in [0.15, 0.2) is 48.7 Å². The Hall–Kier alpha value is -3.15. The van der Waals surface area contributed by atoms with Crippen molar-refractivity contribution in [1.29, 1.82) is 0 Å². The predicted molar refractivity (Wildman–Crippen MR) is 82.8 cm³/mol. The molecule has 1 aromatic carbocycles. The first-order chi connectivity index (χ1) is 10.7. The van der Waals surface area contributed by atoms with Crippen molar-refractivity contribution < 1.29 is 14.6 Å². The van der Waals surface area contributed by atoms with Gasteiger partial charge >= 0.3 is 5.97 Å². The summed E-state index contributed by atoms with van der Waals surface area (Å²) in [4.78, 5) is 19.9. The molecule has 2 N–H and O–H groups in total. The number of ether oxygens (including phenoxy) is 1. The number of pyridine rings is 2. The molecule has 110 valence electrons. The van der Waals surface area contributed by atoms with E-state index in [-0.39, 0.29) is 5.56 Å². The third-order valence-corrected chi connectivity index (χ3v) is 3.16. The van der Waals surface area contributed by atoms with Crippen molar-refractivity contribution in [2.45, 2.75) is 0 Å². The van der Waals surface area contributed by atoms with Crippen LogP contribution in [0.5, 0.6) is 5.88 Å². The molecule has 0 unspecified atom stereocenters. The van der Waals surface area contributed by atoms with Crippen molar-refractivity contribution in [2.75, 3.05) is 12.4 Å². The third-order valence-electron chi connectivity index (χ3n) is 3.16. The standard InChI is InChI=1S/C16H13N3O3/c1-22-15-7-6-10(9-17-15)18-14-8-12(16(20)21)11-4-2-3-5-13(11)19-14/h2-9H,1H3,(H,18,19)(H,20,21). The Kier molecular flexibility index (Phi) is 3.57. The van der Waals surface area contributed by atoms with Crippen LogP contribution in [0.2, 0.25) is 0 Å². The second-order valence-electron chi connectivity index (χ2n) is 4.59. The van der Waals surface area contributed by atoms with Gasteiger partial charge in [-0.1, -0.05) is 18.2 Å². The van der Waals surface area contributed by atoms with Crippen LogP contribution in [0, 0.1) is 0 Å². The highest BCUT2D eigenvalue weighted by molar-refractivity contribution is 6.03. The number of anilines is 2. The van der Waals surface area contributed by atoms with Crippen LogP contribution in [0.1, 0.15) is 10.4 Å². The number of para-hydroxylation sites is 1. The van der Waals surface area contributed by atoms with E-state index in [1.54, 1.807) is 43.6 Å². The predicted octanol–water partition coefficient (Wildman–Crippen LogP) is 3.08. The van der Waals surface area contributed by atoms with Crippen molar-refractivity contribution in [1.82, 2.24) is 9.97 Å². The van der Waals surface area contributed by atoms with Crippen molar-refractivity contribution in [3.05, 3.63) is 54.2 Å². The fourth-order valence-electron chi connectivity index (χ4n) is 2.14. The van der Waals surface area contributed by atoms with Crippen molar-refractivity contribution >= 4 is 28.4 Å². The number of carboxylic acid groups (broad SMARTS) is 1. The molecule has 6 nitrogen and oxygen atoms in total. The van der Waals surface area contributed by atoms with E-state index in [1.807, 2.05) is 6.07 Å². The summed E-state index contributed by atoms with van der Waals surface area (Å²) in [6.07, 6.45) is 1.59. The first kappa shape index (κ1) is 13.8. The highest BCUT2D eigenvalue weighted by atomic mass is 16.5. The van der Waals surface area contributed by atoms with E-state index in [0.717, 1.165) is 0 Å². The molecule has 3 aromatic rings. The van der Waals surface area contributed by atoms with E-state index in [9.17, 15) is 9.90 Å². The summed E-state index contributed by atoms with van der Waals surface area (Å²) in [5, 5.41) is 13.0. The minimum Gasteiger partial charge on any atom is -0.481 e.